The van der Waals surface area contributed by atoms with Crippen molar-refractivity contribution in [3.05, 3.63) is 59.5 Å². The Morgan fingerprint density at radius 2 is 1.90 bits per heavy atom. The molecular weight excluding hydrogens is 364 g/mol. The molecule has 0 spiro atoms. The number of benzene rings is 1. The van der Waals surface area contributed by atoms with Crippen molar-refractivity contribution >= 4 is 5.96 Å². The first-order valence-electron chi connectivity index (χ1n) is 10.4. The Hall–Kier alpha value is -2.31. The molecule has 0 aliphatic rings. The van der Waals surface area contributed by atoms with E-state index in [1.165, 1.54) is 11.1 Å². The van der Waals surface area contributed by atoms with Crippen LogP contribution in [0.5, 0.6) is 0 Å². The number of hydrogen-bond acceptors (Lipinski definition) is 4. The van der Waals surface area contributed by atoms with Crippen LogP contribution in [0.3, 0.4) is 0 Å². The Kier molecular flexibility index (Phi) is 10.3. The average molecular weight is 401 g/mol. The van der Waals surface area contributed by atoms with Crippen molar-refractivity contribution < 1.29 is 9.15 Å². The summed E-state index contributed by atoms with van der Waals surface area (Å²) in [5, 5.41) is 6.77. The first kappa shape index (κ1) is 23.0. The fourth-order valence-corrected chi connectivity index (χ4v) is 3.00. The molecule has 2 aromatic rings. The smallest absolute Gasteiger partial charge is 0.191 e. The van der Waals surface area contributed by atoms with Gasteiger partial charge in [0.15, 0.2) is 5.96 Å². The predicted molar refractivity (Wildman–Crippen MR) is 119 cm³/mol. The largest absolute Gasteiger partial charge is 0.468 e. The van der Waals surface area contributed by atoms with E-state index in [1.54, 1.807) is 13.3 Å². The zero-order chi connectivity index (χ0) is 20.9. The van der Waals surface area contributed by atoms with Crippen LogP contribution in [0.25, 0.3) is 0 Å². The summed E-state index contributed by atoms with van der Waals surface area (Å²) in [6, 6.07) is 12.4. The number of nitrogens with one attached hydrogen (secondary N) is 2. The highest BCUT2D eigenvalue weighted by molar-refractivity contribution is 5.79. The Morgan fingerprint density at radius 3 is 2.59 bits per heavy atom. The molecule has 0 saturated carbocycles. The lowest BCUT2D eigenvalue weighted by Gasteiger charge is -2.19. The Labute approximate surface area is 175 Å². The zero-order valence-electron chi connectivity index (χ0n) is 18.3. The minimum Gasteiger partial charge on any atom is -0.468 e. The van der Waals surface area contributed by atoms with Gasteiger partial charge in [0.2, 0.25) is 0 Å². The van der Waals surface area contributed by atoms with Crippen molar-refractivity contribution in [2.75, 3.05) is 33.9 Å². The predicted octanol–water partition coefficient (Wildman–Crippen LogP) is 3.64. The van der Waals surface area contributed by atoms with E-state index in [-0.39, 0.29) is 0 Å². The molecule has 0 saturated heterocycles. The summed E-state index contributed by atoms with van der Waals surface area (Å²) in [7, 11) is 3.90. The van der Waals surface area contributed by atoms with Crippen LogP contribution in [0.1, 0.15) is 37.2 Å². The lowest BCUT2D eigenvalue weighted by molar-refractivity contribution is 0.108. The molecule has 160 valence electrons. The van der Waals surface area contributed by atoms with Crippen molar-refractivity contribution in [1.82, 2.24) is 15.5 Å². The summed E-state index contributed by atoms with van der Waals surface area (Å²) in [6.45, 7) is 9.13. The van der Waals surface area contributed by atoms with Crippen molar-refractivity contribution in [1.29, 1.82) is 0 Å². The number of hydrogen-bond donors (Lipinski definition) is 2. The molecule has 0 amide bonds. The molecule has 1 aromatic heterocycles. The van der Waals surface area contributed by atoms with E-state index >= 15 is 0 Å². The van der Waals surface area contributed by atoms with E-state index in [0.29, 0.717) is 5.92 Å². The Bertz CT molecular complexity index is 713. The van der Waals surface area contributed by atoms with E-state index in [1.807, 2.05) is 12.1 Å². The average Bonchev–Trinajstić information content (AvgIpc) is 3.20. The summed E-state index contributed by atoms with van der Waals surface area (Å²) in [5.74, 6) is 2.37. The molecule has 0 atom stereocenters. The molecule has 0 unspecified atom stereocenters. The van der Waals surface area contributed by atoms with Gasteiger partial charge in [0.25, 0.3) is 0 Å². The van der Waals surface area contributed by atoms with Crippen LogP contribution >= 0.6 is 0 Å². The molecule has 1 aromatic carbocycles. The molecule has 1 heterocycles. The Morgan fingerprint density at radius 1 is 1.10 bits per heavy atom. The number of furan rings is 1. The van der Waals surface area contributed by atoms with Crippen molar-refractivity contribution in [3.63, 3.8) is 0 Å². The standard InChI is InChI=1S/C23H36N4O2/c1-19(2)18-28-13-8-12-25-23(24-3)26-15-20-9-5-6-10-21(20)16-27(4)17-22-11-7-14-29-22/h5-7,9-11,14,19H,8,12-13,15-18H2,1-4H3,(H2,24,25,26). The van der Waals surface area contributed by atoms with Gasteiger partial charge in [0, 0.05) is 39.9 Å². The minimum absolute atomic E-state index is 0.579. The highest BCUT2D eigenvalue weighted by atomic mass is 16.5. The van der Waals surface area contributed by atoms with Gasteiger partial charge in [-0.15, -0.1) is 0 Å². The molecule has 0 radical (unpaired) electrons. The lowest BCUT2D eigenvalue weighted by atomic mass is 10.1. The van der Waals surface area contributed by atoms with Crippen LogP contribution in [-0.2, 0) is 24.4 Å². The van der Waals surface area contributed by atoms with Gasteiger partial charge in [-0.25, -0.2) is 0 Å². The van der Waals surface area contributed by atoms with Gasteiger partial charge in [-0.05, 0) is 42.6 Å². The fraction of sp³-hybridized carbons (Fsp3) is 0.522. The third kappa shape index (κ3) is 9.15. The highest BCUT2D eigenvalue weighted by Crippen LogP contribution is 2.13. The first-order valence-corrected chi connectivity index (χ1v) is 10.4. The number of nitrogens with zero attached hydrogens (tertiary/aromatic N) is 2. The monoisotopic (exact) mass is 400 g/mol. The zero-order valence-corrected chi connectivity index (χ0v) is 18.3. The normalized spacial score (nSPS) is 12.0. The Balaban J connectivity index is 1.77. The third-order valence-corrected chi connectivity index (χ3v) is 4.44. The van der Waals surface area contributed by atoms with Crippen LogP contribution in [-0.4, -0.2) is 44.7 Å². The second kappa shape index (κ2) is 13.0. The van der Waals surface area contributed by atoms with Crippen LogP contribution in [0.4, 0.5) is 0 Å². The third-order valence-electron chi connectivity index (χ3n) is 4.44. The molecule has 0 aliphatic heterocycles. The van der Waals surface area contributed by atoms with Gasteiger partial charge >= 0.3 is 0 Å². The van der Waals surface area contributed by atoms with Crippen molar-refractivity contribution in [2.24, 2.45) is 10.9 Å². The molecule has 2 rings (SSSR count). The van der Waals surface area contributed by atoms with Gasteiger partial charge in [-0.2, -0.15) is 0 Å². The fourth-order valence-electron chi connectivity index (χ4n) is 3.00. The van der Waals surface area contributed by atoms with Crippen molar-refractivity contribution in [3.8, 4) is 0 Å². The molecule has 2 N–H and O–H groups in total. The summed E-state index contributed by atoms with van der Waals surface area (Å²) in [5.41, 5.74) is 2.56. The van der Waals surface area contributed by atoms with E-state index in [2.05, 4.69) is 65.7 Å². The van der Waals surface area contributed by atoms with Crippen LogP contribution in [0.2, 0.25) is 0 Å². The molecule has 0 fully saturated rings. The molecular formula is C23H36N4O2. The molecule has 6 nitrogen and oxygen atoms in total. The van der Waals surface area contributed by atoms with E-state index in [9.17, 15) is 0 Å². The number of ether oxygens (including phenoxy) is 1. The highest BCUT2D eigenvalue weighted by Gasteiger charge is 2.08. The summed E-state index contributed by atoms with van der Waals surface area (Å²) >= 11 is 0. The van der Waals surface area contributed by atoms with E-state index in [4.69, 9.17) is 9.15 Å². The van der Waals surface area contributed by atoms with E-state index < -0.39 is 0 Å². The maximum atomic E-state index is 5.62. The molecule has 6 heteroatoms. The first-order chi connectivity index (χ1) is 14.1. The summed E-state index contributed by atoms with van der Waals surface area (Å²) < 4.78 is 11.1. The molecule has 0 aliphatic carbocycles. The van der Waals surface area contributed by atoms with Crippen molar-refractivity contribution in [2.45, 2.75) is 39.9 Å². The number of guanidine groups is 1. The maximum Gasteiger partial charge on any atom is 0.191 e. The lowest BCUT2D eigenvalue weighted by Crippen LogP contribution is -2.37. The summed E-state index contributed by atoms with van der Waals surface area (Å²) in [4.78, 5) is 6.57. The van der Waals surface area contributed by atoms with Crippen LogP contribution < -0.4 is 10.6 Å². The van der Waals surface area contributed by atoms with Gasteiger partial charge in [-0.1, -0.05) is 38.1 Å². The maximum absolute atomic E-state index is 5.62. The number of aliphatic imine (C=N–C) groups is 1. The second-order valence-electron chi connectivity index (χ2n) is 7.70. The number of rotatable bonds is 12. The van der Waals surface area contributed by atoms with Crippen LogP contribution in [0.15, 0.2) is 52.1 Å². The molecule has 29 heavy (non-hydrogen) atoms. The van der Waals surface area contributed by atoms with Gasteiger partial charge < -0.3 is 19.8 Å². The van der Waals surface area contributed by atoms with E-state index in [0.717, 1.165) is 57.5 Å². The van der Waals surface area contributed by atoms with Crippen LogP contribution in [0, 0.1) is 5.92 Å². The van der Waals surface area contributed by atoms with Gasteiger partial charge in [-0.3, -0.25) is 9.89 Å². The molecule has 0 bridgehead atoms. The van der Waals surface area contributed by atoms with Gasteiger partial charge in [0.05, 0.1) is 12.8 Å². The quantitative estimate of drug-likeness (QED) is 0.324. The SMILES string of the molecule is CN=C(NCCCOCC(C)C)NCc1ccccc1CN(C)Cc1ccco1. The topological polar surface area (TPSA) is 62.0 Å². The summed E-state index contributed by atoms with van der Waals surface area (Å²) in [6.07, 6.45) is 2.68. The van der Waals surface area contributed by atoms with Gasteiger partial charge in [0.1, 0.15) is 5.76 Å². The minimum atomic E-state index is 0.579. The second-order valence-corrected chi connectivity index (χ2v) is 7.70.